The second kappa shape index (κ2) is 11.0. The van der Waals surface area contributed by atoms with Crippen molar-refractivity contribution in [3.63, 3.8) is 0 Å². The van der Waals surface area contributed by atoms with Crippen LogP contribution in [0.4, 0.5) is 4.79 Å². The molecule has 0 N–H and O–H groups in total. The van der Waals surface area contributed by atoms with Crippen molar-refractivity contribution in [1.29, 1.82) is 0 Å². The molecular formula is C28H40NO4S2Si. The number of likely N-dealkylation sites (tertiary alicyclic amines) is 1. The lowest BCUT2D eigenvalue weighted by molar-refractivity contribution is -0.133. The molecule has 0 aliphatic carbocycles. The molecule has 1 heterocycles. The lowest BCUT2D eigenvalue weighted by Gasteiger charge is -2.45. The Labute approximate surface area is 228 Å². The molecule has 1 radical (unpaired) electrons. The van der Waals surface area contributed by atoms with E-state index in [2.05, 4.69) is 58.1 Å². The van der Waals surface area contributed by atoms with Crippen LogP contribution in [0.25, 0.3) is 10.8 Å². The van der Waals surface area contributed by atoms with Crippen molar-refractivity contribution in [2.75, 3.05) is 12.8 Å². The van der Waals surface area contributed by atoms with E-state index in [9.17, 15) is 4.79 Å². The number of ether oxygens (including phenoxy) is 2. The topological polar surface area (TPSA) is 48.0 Å². The van der Waals surface area contributed by atoms with E-state index in [0.29, 0.717) is 17.3 Å². The number of thioether (sulfide) groups is 1. The van der Waals surface area contributed by atoms with Gasteiger partial charge in [-0.05, 0) is 74.4 Å². The smallest absolute Gasteiger partial charge is 0.412 e. The first-order valence-electron chi connectivity index (χ1n) is 12.4. The number of nitrogens with zero attached hydrogens (tertiary/aromatic N) is 1. The molecule has 36 heavy (non-hydrogen) atoms. The van der Waals surface area contributed by atoms with Crippen molar-refractivity contribution in [2.24, 2.45) is 11.3 Å². The largest absolute Gasteiger partial charge is 0.465 e. The molecule has 3 atom stereocenters. The number of thiocarbonyl (C=S) groups is 1. The number of fused-ring (bicyclic) bond motifs is 1. The lowest BCUT2D eigenvalue weighted by atomic mass is 9.77. The summed E-state index contributed by atoms with van der Waals surface area (Å²) in [5, 5.41) is 2.16. The molecule has 8 heteroatoms. The van der Waals surface area contributed by atoms with Gasteiger partial charge in [-0.3, -0.25) is 4.90 Å². The molecule has 3 rings (SSSR count). The van der Waals surface area contributed by atoms with Crippen LogP contribution in [0.3, 0.4) is 0 Å². The van der Waals surface area contributed by atoms with Gasteiger partial charge in [-0.1, -0.05) is 75.0 Å². The number of amides is 1. The molecule has 1 saturated heterocycles. The van der Waals surface area contributed by atoms with E-state index in [4.69, 9.17) is 26.1 Å². The van der Waals surface area contributed by atoms with Gasteiger partial charge < -0.3 is 13.9 Å². The van der Waals surface area contributed by atoms with Crippen LogP contribution >= 0.6 is 24.0 Å². The third-order valence-corrected chi connectivity index (χ3v) is 8.30. The summed E-state index contributed by atoms with van der Waals surface area (Å²) in [6.45, 7) is 17.0. The van der Waals surface area contributed by atoms with Gasteiger partial charge >= 0.3 is 6.09 Å². The van der Waals surface area contributed by atoms with E-state index in [0.717, 1.165) is 16.3 Å². The summed E-state index contributed by atoms with van der Waals surface area (Å²) >= 11 is 6.99. The minimum Gasteiger partial charge on any atom is -0.465 e. The quantitative estimate of drug-likeness (QED) is 0.281. The highest BCUT2D eigenvalue weighted by Gasteiger charge is 2.59. The summed E-state index contributed by atoms with van der Waals surface area (Å²) < 4.78 is 19.9. The Morgan fingerprint density at radius 2 is 1.75 bits per heavy atom. The highest BCUT2D eigenvalue weighted by molar-refractivity contribution is 8.22. The van der Waals surface area contributed by atoms with Gasteiger partial charge in [0.15, 0.2) is 11.8 Å². The first-order chi connectivity index (χ1) is 16.7. The predicted octanol–water partition coefficient (Wildman–Crippen LogP) is 7.81. The standard InChI is InChI=1S/C28H40NO4S2Si/c1-26(2,3)20-17-28(33-36(8)9,29(18-20)24(30)32-27(4,5)6)23(31-25(34)35-7)22-16-12-14-19-13-10-11-15-21(19)22/h10-16,20,23H,17-18H2,1-9H3/t20-,23?,28-/m0/s1. The highest BCUT2D eigenvalue weighted by atomic mass is 32.2. The molecule has 2 aromatic carbocycles. The summed E-state index contributed by atoms with van der Waals surface area (Å²) in [6.07, 6.45) is 1.52. The summed E-state index contributed by atoms with van der Waals surface area (Å²) in [5.41, 5.74) is -0.805. The molecule has 1 unspecified atom stereocenters. The van der Waals surface area contributed by atoms with Crippen molar-refractivity contribution >= 4 is 54.3 Å². The van der Waals surface area contributed by atoms with Crippen molar-refractivity contribution in [3.8, 4) is 0 Å². The second-order valence-corrected chi connectivity index (χ2v) is 15.2. The van der Waals surface area contributed by atoms with E-state index < -0.39 is 26.5 Å². The Morgan fingerprint density at radius 1 is 1.11 bits per heavy atom. The molecule has 0 aromatic heterocycles. The van der Waals surface area contributed by atoms with Gasteiger partial charge in [0.25, 0.3) is 0 Å². The molecule has 1 aliphatic rings. The Morgan fingerprint density at radius 3 is 2.33 bits per heavy atom. The van der Waals surface area contributed by atoms with Crippen molar-refractivity contribution in [3.05, 3.63) is 48.0 Å². The van der Waals surface area contributed by atoms with Crippen LogP contribution < -0.4 is 0 Å². The molecule has 0 saturated carbocycles. The predicted molar refractivity (Wildman–Crippen MR) is 156 cm³/mol. The second-order valence-electron chi connectivity index (χ2n) is 11.7. The van der Waals surface area contributed by atoms with Crippen LogP contribution in [0.2, 0.25) is 13.1 Å². The molecular weight excluding hydrogens is 507 g/mol. The van der Waals surface area contributed by atoms with E-state index in [1.165, 1.54) is 11.8 Å². The van der Waals surface area contributed by atoms with Gasteiger partial charge in [-0.25, -0.2) is 4.79 Å². The number of carbonyl (C=O) groups is 1. The SMILES string of the molecule is CSC(=S)OC(c1cccc2ccccc12)[C@@]1(O[Si](C)C)C[C@H](C(C)(C)C)CN1C(=O)OC(C)(C)C. The third kappa shape index (κ3) is 6.44. The Bertz CT molecular complexity index is 1090. The van der Waals surface area contributed by atoms with E-state index in [1.54, 1.807) is 4.90 Å². The van der Waals surface area contributed by atoms with Gasteiger partial charge in [-0.15, -0.1) is 0 Å². The van der Waals surface area contributed by atoms with Gasteiger partial charge in [0.2, 0.25) is 13.4 Å². The number of hydrogen-bond donors (Lipinski definition) is 0. The van der Waals surface area contributed by atoms with Crippen LogP contribution in [0.15, 0.2) is 42.5 Å². The van der Waals surface area contributed by atoms with Crippen LogP contribution in [-0.2, 0) is 13.9 Å². The fourth-order valence-electron chi connectivity index (χ4n) is 4.80. The number of hydrogen-bond acceptors (Lipinski definition) is 6. The van der Waals surface area contributed by atoms with Crippen LogP contribution in [0, 0.1) is 11.3 Å². The fourth-order valence-corrected chi connectivity index (χ4v) is 6.10. The number of carbonyl (C=O) groups excluding carboxylic acids is 1. The molecule has 1 fully saturated rings. The molecule has 5 nitrogen and oxygen atoms in total. The van der Waals surface area contributed by atoms with Crippen LogP contribution in [0.1, 0.15) is 59.6 Å². The normalized spacial score (nSPS) is 21.6. The lowest BCUT2D eigenvalue weighted by Crippen LogP contribution is -2.56. The highest BCUT2D eigenvalue weighted by Crippen LogP contribution is 2.51. The molecule has 2 aromatic rings. The third-order valence-electron chi connectivity index (χ3n) is 6.51. The maximum absolute atomic E-state index is 13.8. The van der Waals surface area contributed by atoms with Gasteiger partial charge in [0.05, 0.1) is 0 Å². The van der Waals surface area contributed by atoms with Crippen molar-refractivity contribution < 1.29 is 18.7 Å². The molecule has 197 valence electrons. The maximum Gasteiger partial charge on any atom is 0.412 e. The number of benzene rings is 2. The van der Waals surface area contributed by atoms with E-state index >= 15 is 0 Å². The summed E-state index contributed by atoms with van der Waals surface area (Å²) in [5.74, 6) is 0.176. The summed E-state index contributed by atoms with van der Waals surface area (Å²) in [6, 6.07) is 14.4. The number of rotatable bonds is 5. The van der Waals surface area contributed by atoms with Gasteiger partial charge in [-0.2, -0.15) is 0 Å². The summed E-state index contributed by atoms with van der Waals surface area (Å²) in [4.78, 5) is 15.6. The minimum atomic E-state index is -1.28. The monoisotopic (exact) mass is 546 g/mol. The zero-order valence-corrected chi connectivity index (χ0v) is 25.6. The Balaban J connectivity index is 2.29. The minimum absolute atomic E-state index is 0.0525. The van der Waals surface area contributed by atoms with E-state index in [-0.39, 0.29) is 17.4 Å². The zero-order chi connectivity index (χ0) is 26.9. The Hall–Kier alpha value is -1.61. The van der Waals surface area contributed by atoms with Crippen molar-refractivity contribution in [1.82, 2.24) is 4.90 Å². The average Bonchev–Trinajstić information content (AvgIpc) is 3.16. The van der Waals surface area contributed by atoms with Crippen LogP contribution in [-0.4, -0.2) is 48.5 Å². The Kier molecular flexibility index (Phi) is 8.86. The van der Waals surface area contributed by atoms with Crippen LogP contribution in [0.5, 0.6) is 0 Å². The van der Waals surface area contributed by atoms with Gasteiger partial charge in [0.1, 0.15) is 5.60 Å². The fraction of sp³-hybridized carbons (Fsp3) is 0.571. The molecule has 1 aliphatic heterocycles. The molecule has 0 spiro atoms. The summed E-state index contributed by atoms with van der Waals surface area (Å²) in [7, 11) is -1.28. The zero-order valence-electron chi connectivity index (χ0n) is 23.0. The van der Waals surface area contributed by atoms with Crippen molar-refractivity contribution in [2.45, 2.75) is 78.5 Å². The first kappa shape index (κ1) is 29.0. The van der Waals surface area contributed by atoms with Gasteiger partial charge in [0, 0.05) is 18.5 Å². The van der Waals surface area contributed by atoms with E-state index in [1.807, 2.05) is 45.2 Å². The molecule has 0 bridgehead atoms. The first-order valence-corrected chi connectivity index (χ1v) is 16.4. The molecule has 1 amide bonds. The average molecular weight is 547 g/mol. The maximum atomic E-state index is 13.8.